The number of hydrogen-bond donors (Lipinski definition) is 2. The van der Waals surface area contributed by atoms with Crippen LogP contribution in [0.25, 0.3) is 11.3 Å². The number of nitrogens with two attached hydrogens (primary N) is 1. The Hall–Kier alpha value is -0.330. The van der Waals surface area contributed by atoms with E-state index >= 15 is 0 Å². The van der Waals surface area contributed by atoms with E-state index in [2.05, 4.69) is 55.0 Å². The zero-order valence-electron chi connectivity index (χ0n) is 7.97. The van der Waals surface area contributed by atoms with E-state index < -0.39 is 0 Å². The summed E-state index contributed by atoms with van der Waals surface area (Å²) >= 11 is 8.62. The number of nitrogens with one attached hydrogen (secondary N) is 1. The van der Waals surface area contributed by atoms with Gasteiger partial charge in [-0.3, -0.25) is 5.10 Å². The number of aromatic nitrogens is 2. The maximum Gasteiger partial charge on any atom is 0.149 e. The number of H-pyrrole nitrogens is 1. The van der Waals surface area contributed by atoms with Crippen LogP contribution in [0.15, 0.2) is 13.6 Å². The SMILES string of the molecule is CCc1c(N)n[nH]c1-c1cc(Br)sc1Br. The average Bonchev–Trinajstić information content (AvgIpc) is 2.69. The molecule has 0 amide bonds. The minimum absolute atomic E-state index is 0.585. The Morgan fingerprint density at radius 3 is 2.80 bits per heavy atom. The lowest BCUT2D eigenvalue weighted by Crippen LogP contribution is -1.90. The quantitative estimate of drug-likeness (QED) is 0.865. The molecule has 80 valence electrons. The molecular formula is C9H9Br2N3S. The van der Waals surface area contributed by atoms with Gasteiger partial charge in [0.1, 0.15) is 5.82 Å². The van der Waals surface area contributed by atoms with Crippen LogP contribution in [0.3, 0.4) is 0 Å². The van der Waals surface area contributed by atoms with Gasteiger partial charge in [-0.15, -0.1) is 11.3 Å². The molecule has 2 rings (SSSR count). The molecule has 2 aromatic rings. The van der Waals surface area contributed by atoms with Crippen LogP contribution < -0.4 is 5.73 Å². The van der Waals surface area contributed by atoms with E-state index in [4.69, 9.17) is 5.73 Å². The second-order valence-electron chi connectivity index (χ2n) is 3.05. The Balaban J connectivity index is 2.58. The number of hydrogen-bond acceptors (Lipinski definition) is 3. The highest BCUT2D eigenvalue weighted by Crippen LogP contribution is 2.39. The van der Waals surface area contributed by atoms with Crippen LogP contribution in [-0.4, -0.2) is 10.2 Å². The third kappa shape index (κ3) is 1.98. The largest absolute Gasteiger partial charge is 0.382 e. The predicted octanol–water partition coefficient (Wildman–Crippen LogP) is 3.81. The van der Waals surface area contributed by atoms with Crippen LogP contribution in [0.5, 0.6) is 0 Å². The summed E-state index contributed by atoms with van der Waals surface area (Å²) in [4.78, 5) is 0. The fourth-order valence-electron chi connectivity index (χ4n) is 1.47. The van der Waals surface area contributed by atoms with E-state index in [-0.39, 0.29) is 0 Å². The van der Waals surface area contributed by atoms with Gasteiger partial charge >= 0.3 is 0 Å². The van der Waals surface area contributed by atoms with Crippen molar-refractivity contribution in [3.8, 4) is 11.3 Å². The smallest absolute Gasteiger partial charge is 0.149 e. The van der Waals surface area contributed by atoms with Crippen molar-refractivity contribution in [2.45, 2.75) is 13.3 Å². The van der Waals surface area contributed by atoms with E-state index in [1.54, 1.807) is 11.3 Å². The molecule has 0 bridgehead atoms. The Labute approximate surface area is 108 Å². The fourth-order valence-corrected chi connectivity index (χ4v) is 4.29. The molecule has 2 aromatic heterocycles. The summed E-state index contributed by atoms with van der Waals surface area (Å²) < 4.78 is 2.16. The van der Waals surface area contributed by atoms with Gasteiger partial charge in [-0.25, -0.2) is 0 Å². The van der Waals surface area contributed by atoms with Crippen molar-refractivity contribution in [2.24, 2.45) is 0 Å². The van der Waals surface area contributed by atoms with Gasteiger partial charge in [0.2, 0.25) is 0 Å². The monoisotopic (exact) mass is 349 g/mol. The highest BCUT2D eigenvalue weighted by atomic mass is 79.9. The fraction of sp³-hybridized carbons (Fsp3) is 0.222. The second-order valence-corrected chi connectivity index (χ2v) is 6.80. The van der Waals surface area contributed by atoms with Crippen molar-refractivity contribution in [1.29, 1.82) is 0 Å². The van der Waals surface area contributed by atoms with Gasteiger partial charge in [0.25, 0.3) is 0 Å². The molecule has 0 unspecified atom stereocenters. The molecule has 0 aliphatic carbocycles. The lowest BCUT2D eigenvalue weighted by Gasteiger charge is -1.99. The van der Waals surface area contributed by atoms with Gasteiger partial charge in [-0.1, -0.05) is 6.92 Å². The first kappa shape index (κ1) is 11.2. The summed E-state index contributed by atoms with van der Waals surface area (Å²) in [5.74, 6) is 0.585. The third-order valence-electron chi connectivity index (χ3n) is 2.18. The van der Waals surface area contributed by atoms with Crippen molar-refractivity contribution >= 4 is 49.0 Å². The average molecular weight is 351 g/mol. The van der Waals surface area contributed by atoms with Crippen LogP contribution in [0, 0.1) is 0 Å². The predicted molar refractivity (Wildman–Crippen MR) is 71.1 cm³/mol. The Morgan fingerprint density at radius 2 is 2.27 bits per heavy atom. The molecule has 0 saturated heterocycles. The van der Waals surface area contributed by atoms with Gasteiger partial charge in [0, 0.05) is 11.1 Å². The van der Waals surface area contributed by atoms with E-state index in [1.165, 1.54) is 0 Å². The highest BCUT2D eigenvalue weighted by Gasteiger charge is 2.15. The first-order chi connectivity index (χ1) is 7.13. The molecule has 0 saturated carbocycles. The molecular weight excluding hydrogens is 342 g/mol. The zero-order valence-corrected chi connectivity index (χ0v) is 12.0. The molecule has 0 aromatic carbocycles. The number of anilines is 1. The first-order valence-corrected chi connectivity index (χ1v) is 6.81. The molecule has 3 nitrogen and oxygen atoms in total. The van der Waals surface area contributed by atoms with E-state index in [1.807, 2.05) is 0 Å². The van der Waals surface area contributed by atoms with Gasteiger partial charge in [-0.2, -0.15) is 5.10 Å². The number of nitrogens with zero attached hydrogens (tertiary/aromatic N) is 1. The summed E-state index contributed by atoms with van der Waals surface area (Å²) in [6, 6.07) is 2.06. The number of thiophene rings is 1. The molecule has 15 heavy (non-hydrogen) atoms. The van der Waals surface area contributed by atoms with Gasteiger partial charge < -0.3 is 5.73 Å². The summed E-state index contributed by atoms with van der Waals surface area (Å²) in [5, 5.41) is 7.01. The highest BCUT2D eigenvalue weighted by molar-refractivity contribution is 9.12. The molecule has 0 atom stereocenters. The summed E-state index contributed by atoms with van der Waals surface area (Å²) in [5.41, 5.74) is 8.96. The van der Waals surface area contributed by atoms with Crippen LogP contribution in [0.2, 0.25) is 0 Å². The lowest BCUT2D eigenvalue weighted by atomic mass is 10.1. The maximum atomic E-state index is 5.78. The Morgan fingerprint density at radius 1 is 1.53 bits per heavy atom. The molecule has 0 aliphatic heterocycles. The Kier molecular flexibility index (Phi) is 3.18. The molecule has 6 heteroatoms. The molecule has 2 heterocycles. The van der Waals surface area contributed by atoms with E-state index in [9.17, 15) is 0 Å². The van der Waals surface area contributed by atoms with E-state index in [0.717, 1.165) is 30.8 Å². The summed E-state index contributed by atoms with van der Waals surface area (Å²) in [6.07, 6.45) is 0.873. The molecule has 0 aliphatic rings. The van der Waals surface area contributed by atoms with E-state index in [0.29, 0.717) is 5.82 Å². The standard InChI is InChI=1S/C9H9Br2N3S/c1-2-4-7(13-14-9(4)12)5-3-6(10)15-8(5)11/h3H,2H2,1H3,(H3,12,13,14). The summed E-state index contributed by atoms with van der Waals surface area (Å²) in [6.45, 7) is 2.07. The van der Waals surface area contributed by atoms with Crippen molar-refractivity contribution in [3.63, 3.8) is 0 Å². The molecule has 0 spiro atoms. The lowest BCUT2D eigenvalue weighted by molar-refractivity contribution is 1.10. The maximum absolute atomic E-state index is 5.78. The zero-order chi connectivity index (χ0) is 11.0. The number of nitrogen functional groups attached to an aromatic ring is 1. The number of rotatable bonds is 2. The third-order valence-corrected chi connectivity index (χ3v) is 4.52. The molecule has 3 N–H and O–H groups in total. The molecule has 0 radical (unpaired) electrons. The van der Waals surface area contributed by atoms with Gasteiger partial charge in [0.15, 0.2) is 0 Å². The van der Waals surface area contributed by atoms with Crippen LogP contribution in [0.1, 0.15) is 12.5 Å². The van der Waals surface area contributed by atoms with Gasteiger partial charge in [0.05, 0.1) is 13.3 Å². The van der Waals surface area contributed by atoms with Crippen molar-refractivity contribution in [1.82, 2.24) is 10.2 Å². The summed E-state index contributed by atoms with van der Waals surface area (Å²) in [7, 11) is 0. The first-order valence-electron chi connectivity index (χ1n) is 4.41. The van der Waals surface area contributed by atoms with Crippen LogP contribution in [0.4, 0.5) is 5.82 Å². The minimum Gasteiger partial charge on any atom is -0.382 e. The van der Waals surface area contributed by atoms with Crippen molar-refractivity contribution in [3.05, 3.63) is 19.2 Å². The van der Waals surface area contributed by atoms with Crippen LogP contribution >= 0.6 is 43.2 Å². The van der Waals surface area contributed by atoms with Gasteiger partial charge in [-0.05, 0) is 44.3 Å². The van der Waals surface area contributed by atoms with Crippen molar-refractivity contribution < 1.29 is 0 Å². The minimum atomic E-state index is 0.585. The normalized spacial score (nSPS) is 10.9. The number of halogens is 2. The van der Waals surface area contributed by atoms with Crippen molar-refractivity contribution in [2.75, 3.05) is 5.73 Å². The van der Waals surface area contributed by atoms with Crippen LogP contribution in [-0.2, 0) is 6.42 Å². The molecule has 0 fully saturated rings. The topological polar surface area (TPSA) is 54.7 Å². The Bertz CT molecular complexity index is 490. The second kappa shape index (κ2) is 4.27. The number of aromatic amines is 1.